The second kappa shape index (κ2) is 7.89. The summed E-state index contributed by atoms with van der Waals surface area (Å²) in [6.45, 7) is 9.11. The first-order valence-electron chi connectivity index (χ1n) is 9.45. The second-order valence-electron chi connectivity index (χ2n) is 8.21. The number of aliphatic hydroxyl groups is 1. The van der Waals surface area contributed by atoms with Crippen molar-refractivity contribution in [3.05, 3.63) is 56.7 Å². The highest BCUT2D eigenvalue weighted by Crippen LogP contribution is 2.40. The monoisotopic (exact) mass is 465 g/mol. The third-order valence-corrected chi connectivity index (χ3v) is 8.15. The van der Waals surface area contributed by atoms with Crippen molar-refractivity contribution >= 4 is 38.6 Å². The van der Waals surface area contributed by atoms with E-state index in [0.29, 0.717) is 16.9 Å². The zero-order valence-electron chi connectivity index (χ0n) is 17.4. The number of nitrogens with one attached hydrogen (secondary N) is 2. The minimum Gasteiger partial charge on any atom is -0.386 e. The molecule has 3 rings (SSSR count). The zero-order chi connectivity index (χ0) is 22.4. The normalized spacial score (nSPS) is 16.5. The zero-order valence-corrected chi connectivity index (χ0v) is 19.8. The number of nitriles is 1. The molecule has 0 saturated carbocycles. The van der Waals surface area contributed by atoms with E-state index in [1.807, 2.05) is 32.9 Å². The van der Waals surface area contributed by atoms with Crippen molar-refractivity contribution in [2.24, 2.45) is 0 Å². The first-order chi connectivity index (χ1) is 13.8. The van der Waals surface area contributed by atoms with Crippen LogP contribution in [0, 0.1) is 11.3 Å². The van der Waals surface area contributed by atoms with Gasteiger partial charge in [-0.2, -0.15) is 5.26 Å². The number of hydrogen-bond donors (Lipinski definition) is 3. The Morgan fingerprint density at radius 3 is 2.53 bits per heavy atom. The number of anilines is 1. The van der Waals surface area contributed by atoms with Gasteiger partial charge in [0, 0.05) is 17.2 Å². The van der Waals surface area contributed by atoms with Gasteiger partial charge in [0.1, 0.15) is 14.4 Å². The predicted molar refractivity (Wildman–Crippen MR) is 120 cm³/mol. The molecule has 160 valence electrons. The highest BCUT2D eigenvalue weighted by molar-refractivity contribution is 7.91. The lowest BCUT2D eigenvalue weighted by molar-refractivity contribution is 0.0790. The third-order valence-electron chi connectivity index (χ3n) is 4.95. The summed E-state index contributed by atoms with van der Waals surface area (Å²) in [6, 6.07) is 7.25. The number of sulfonamides is 1. The van der Waals surface area contributed by atoms with Gasteiger partial charge in [-0.1, -0.05) is 32.4 Å². The summed E-state index contributed by atoms with van der Waals surface area (Å²) >= 11 is 7.06. The molecule has 0 saturated heterocycles. The van der Waals surface area contributed by atoms with Gasteiger partial charge >= 0.3 is 0 Å². The molecule has 0 radical (unpaired) electrons. The van der Waals surface area contributed by atoms with E-state index in [1.54, 1.807) is 19.9 Å². The van der Waals surface area contributed by atoms with Gasteiger partial charge in [0.25, 0.3) is 10.0 Å². The summed E-state index contributed by atoms with van der Waals surface area (Å²) in [4.78, 5) is 0. The first-order valence-corrected chi connectivity index (χ1v) is 12.1. The van der Waals surface area contributed by atoms with Crippen LogP contribution in [0.2, 0.25) is 4.34 Å². The maximum Gasteiger partial charge on any atom is 0.272 e. The Morgan fingerprint density at radius 2 is 2.00 bits per heavy atom. The molecule has 1 aliphatic rings. The van der Waals surface area contributed by atoms with Gasteiger partial charge < -0.3 is 10.4 Å². The minimum atomic E-state index is -3.90. The molecule has 1 atom stereocenters. The molecule has 30 heavy (non-hydrogen) atoms. The molecular formula is C21H24ClN3O3S2. The fourth-order valence-electron chi connectivity index (χ4n) is 3.38. The van der Waals surface area contributed by atoms with Crippen LogP contribution in [0.4, 0.5) is 5.69 Å². The van der Waals surface area contributed by atoms with E-state index >= 15 is 0 Å². The number of nitrogens with zero attached hydrogens (tertiary/aromatic N) is 1. The van der Waals surface area contributed by atoms with Crippen LogP contribution in [-0.4, -0.2) is 13.5 Å². The summed E-state index contributed by atoms with van der Waals surface area (Å²) in [6.07, 6.45) is 1.78. The van der Waals surface area contributed by atoms with Crippen molar-refractivity contribution < 1.29 is 13.5 Å². The smallest absolute Gasteiger partial charge is 0.272 e. The van der Waals surface area contributed by atoms with Gasteiger partial charge in [-0.3, -0.25) is 4.72 Å². The molecule has 1 aromatic heterocycles. The average molecular weight is 466 g/mol. The lowest BCUT2D eigenvalue weighted by Gasteiger charge is -2.28. The molecule has 2 heterocycles. The van der Waals surface area contributed by atoms with Gasteiger partial charge in [-0.25, -0.2) is 8.42 Å². The molecule has 0 spiro atoms. The number of thiophene rings is 1. The van der Waals surface area contributed by atoms with Gasteiger partial charge in [-0.05, 0) is 55.2 Å². The standard InChI is InChI=1S/C21H24ClN3O3S2/c1-11(2)14-7-13(10-23)8-15-12(3)6-17(24-19(14)15)25-30(27,28)18-9-16(20(22)29-18)21(4,5)26/h6-9,11-12,24-26H,1-5H3. The predicted octanol–water partition coefficient (Wildman–Crippen LogP) is 4.97. The molecule has 1 aliphatic heterocycles. The molecule has 6 nitrogen and oxygen atoms in total. The third kappa shape index (κ3) is 4.35. The van der Waals surface area contributed by atoms with Gasteiger partial charge in [-0.15, -0.1) is 11.3 Å². The average Bonchev–Trinajstić information content (AvgIpc) is 3.03. The van der Waals surface area contributed by atoms with Crippen LogP contribution in [0.25, 0.3) is 0 Å². The number of halogens is 1. The second-order valence-corrected chi connectivity index (χ2v) is 11.8. The Morgan fingerprint density at radius 1 is 1.33 bits per heavy atom. The van der Waals surface area contributed by atoms with Crippen molar-refractivity contribution in [2.45, 2.75) is 56.3 Å². The van der Waals surface area contributed by atoms with Gasteiger partial charge in [0.15, 0.2) is 0 Å². The number of fused-ring (bicyclic) bond motifs is 1. The summed E-state index contributed by atoms with van der Waals surface area (Å²) < 4.78 is 28.8. The van der Waals surface area contributed by atoms with Crippen molar-refractivity contribution in [1.29, 1.82) is 5.26 Å². The van der Waals surface area contributed by atoms with Crippen LogP contribution in [0.3, 0.4) is 0 Å². The van der Waals surface area contributed by atoms with Gasteiger partial charge in [0.05, 0.1) is 17.2 Å². The number of hydrogen-bond acceptors (Lipinski definition) is 6. The van der Waals surface area contributed by atoms with Crippen molar-refractivity contribution in [3.63, 3.8) is 0 Å². The Balaban J connectivity index is 1.96. The number of allylic oxidation sites excluding steroid dienone is 1. The molecule has 0 fully saturated rings. The molecule has 1 unspecified atom stereocenters. The van der Waals surface area contributed by atoms with E-state index in [2.05, 4.69) is 16.1 Å². The summed E-state index contributed by atoms with van der Waals surface area (Å²) in [7, 11) is -3.90. The van der Waals surface area contributed by atoms with Crippen LogP contribution < -0.4 is 10.0 Å². The van der Waals surface area contributed by atoms with E-state index < -0.39 is 15.6 Å². The Kier molecular flexibility index (Phi) is 5.95. The van der Waals surface area contributed by atoms with Crippen LogP contribution in [-0.2, 0) is 15.6 Å². The maximum atomic E-state index is 13.0. The fourth-order valence-corrected chi connectivity index (χ4v) is 6.42. The molecule has 2 aromatic rings. The number of benzene rings is 1. The molecule has 0 amide bonds. The van der Waals surface area contributed by atoms with Crippen molar-refractivity contribution in [3.8, 4) is 6.07 Å². The molecule has 9 heteroatoms. The topological polar surface area (TPSA) is 102 Å². The summed E-state index contributed by atoms with van der Waals surface area (Å²) in [5.74, 6) is 0.396. The first kappa shape index (κ1) is 22.6. The van der Waals surface area contributed by atoms with E-state index in [1.165, 1.54) is 6.07 Å². The van der Waals surface area contributed by atoms with Crippen LogP contribution in [0.1, 0.15) is 68.7 Å². The molecular weight excluding hydrogens is 442 g/mol. The lowest BCUT2D eigenvalue weighted by Crippen LogP contribution is -2.29. The fraction of sp³-hybridized carbons (Fsp3) is 0.381. The maximum absolute atomic E-state index is 13.0. The van der Waals surface area contributed by atoms with E-state index in [4.69, 9.17) is 11.6 Å². The highest BCUT2D eigenvalue weighted by Gasteiger charge is 2.29. The Hall–Kier alpha value is -2.05. The highest BCUT2D eigenvalue weighted by atomic mass is 35.5. The van der Waals surface area contributed by atoms with Crippen molar-refractivity contribution in [1.82, 2.24) is 4.72 Å². The molecule has 0 aliphatic carbocycles. The lowest BCUT2D eigenvalue weighted by atomic mass is 9.88. The van der Waals surface area contributed by atoms with Crippen molar-refractivity contribution in [2.75, 3.05) is 5.32 Å². The van der Waals surface area contributed by atoms with Crippen LogP contribution in [0.15, 0.2) is 34.3 Å². The van der Waals surface area contributed by atoms with Gasteiger partial charge in [0.2, 0.25) is 0 Å². The van der Waals surface area contributed by atoms with Crippen LogP contribution in [0.5, 0.6) is 0 Å². The largest absolute Gasteiger partial charge is 0.386 e. The van der Waals surface area contributed by atoms with Crippen LogP contribution >= 0.6 is 22.9 Å². The summed E-state index contributed by atoms with van der Waals surface area (Å²) in [5.41, 5.74) is 2.41. The van der Waals surface area contributed by atoms with E-state index in [-0.39, 0.29) is 20.4 Å². The quantitative estimate of drug-likeness (QED) is 0.578. The number of rotatable bonds is 5. The molecule has 3 N–H and O–H groups in total. The summed E-state index contributed by atoms with van der Waals surface area (Å²) in [5, 5.41) is 22.7. The Labute approximate surface area is 186 Å². The SMILES string of the molecule is CC(C)c1cc(C#N)cc2c1NC(NS(=O)(=O)c1cc(C(C)(C)O)c(Cl)s1)=CC2C. The molecule has 0 bridgehead atoms. The minimum absolute atomic E-state index is 0.0229. The van der Waals surface area contributed by atoms with E-state index in [9.17, 15) is 18.8 Å². The Bertz CT molecular complexity index is 1170. The van der Waals surface area contributed by atoms with E-state index in [0.717, 1.165) is 28.2 Å². The molecule has 1 aromatic carbocycles.